The number of aliphatic hydroxyl groups is 1. The fraction of sp³-hybridized carbons (Fsp3) is 0.750. The van der Waals surface area contributed by atoms with E-state index in [4.69, 9.17) is 9.84 Å². The second-order valence-electron chi connectivity index (χ2n) is 4.27. The van der Waals surface area contributed by atoms with Crippen LogP contribution in [0.3, 0.4) is 0 Å². The van der Waals surface area contributed by atoms with Gasteiger partial charge in [-0.1, -0.05) is 13.3 Å². The van der Waals surface area contributed by atoms with Crippen LogP contribution in [0.4, 0.5) is 11.9 Å². The number of nitrogens with one attached hydrogen (secondary N) is 2. The molecule has 19 heavy (non-hydrogen) atoms. The summed E-state index contributed by atoms with van der Waals surface area (Å²) in [5.74, 6) is 1.36. The quantitative estimate of drug-likeness (QED) is 0.619. The highest BCUT2D eigenvalue weighted by Crippen LogP contribution is 2.14. The zero-order valence-electron chi connectivity index (χ0n) is 11.8. The number of methoxy groups -OCH3 is 1. The summed E-state index contributed by atoms with van der Waals surface area (Å²) in [6.45, 7) is 3.06. The Bertz CT molecular complexity index is 347. The van der Waals surface area contributed by atoms with E-state index in [1.165, 1.54) is 7.11 Å². The number of aromatic nitrogens is 3. The first-order valence-corrected chi connectivity index (χ1v) is 6.56. The highest BCUT2D eigenvalue weighted by molar-refractivity contribution is 5.35. The molecular formula is C12H23N5O2. The number of anilines is 2. The molecule has 0 fully saturated rings. The van der Waals surface area contributed by atoms with Crippen LogP contribution in [-0.2, 0) is 0 Å². The van der Waals surface area contributed by atoms with Gasteiger partial charge in [0.05, 0.1) is 7.11 Å². The van der Waals surface area contributed by atoms with Crippen molar-refractivity contribution in [1.82, 2.24) is 15.0 Å². The van der Waals surface area contributed by atoms with Gasteiger partial charge in [0, 0.05) is 20.2 Å². The summed E-state index contributed by atoms with van der Waals surface area (Å²) in [6, 6.07) is 0.274. The van der Waals surface area contributed by atoms with Crippen LogP contribution in [0.1, 0.15) is 26.2 Å². The number of aliphatic hydroxyl groups excluding tert-OH is 1. The van der Waals surface area contributed by atoms with Gasteiger partial charge in [-0.2, -0.15) is 15.0 Å². The van der Waals surface area contributed by atoms with E-state index >= 15 is 0 Å². The molecule has 1 aromatic rings. The molecule has 0 aromatic carbocycles. The van der Waals surface area contributed by atoms with Gasteiger partial charge < -0.3 is 20.5 Å². The molecule has 1 heterocycles. The second-order valence-corrected chi connectivity index (χ2v) is 4.27. The molecule has 0 aliphatic carbocycles. The van der Waals surface area contributed by atoms with Crippen LogP contribution in [0.15, 0.2) is 0 Å². The summed E-state index contributed by atoms with van der Waals surface area (Å²) >= 11 is 0. The van der Waals surface area contributed by atoms with Crippen molar-refractivity contribution in [2.45, 2.75) is 26.2 Å². The van der Waals surface area contributed by atoms with Gasteiger partial charge in [-0.15, -0.1) is 0 Å². The number of nitrogens with zero attached hydrogens (tertiary/aromatic N) is 3. The van der Waals surface area contributed by atoms with Crippen molar-refractivity contribution >= 4 is 11.9 Å². The van der Waals surface area contributed by atoms with Crippen molar-refractivity contribution < 1.29 is 9.84 Å². The lowest BCUT2D eigenvalue weighted by molar-refractivity contribution is 0.255. The smallest absolute Gasteiger partial charge is 0.322 e. The highest BCUT2D eigenvalue weighted by atomic mass is 16.5. The van der Waals surface area contributed by atoms with Gasteiger partial charge in [-0.05, 0) is 18.8 Å². The lowest BCUT2D eigenvalue weighted by atomic mass is 10.0. The monoisotopic (exact) mass is 269 g/mol. The Balaban J connectivity index is 2.64. The molecule has 0 bridgehead atoms. The van der Waals surface area contributed by atoms with Crippen LogP contribution in [0, 0.1) is 5.92 Å². The minimum Gasteiger partial charge on any atom is -0.467 e. The van der Waals surface area contributed by atoms with E-state index in [2.05, 4.69) is 32.5 Å². The van der Waals surface area contributed by atoms with E-state index < -0.39 is 0 Å². The Morgan fingerprint density at radius 3 is 2.53 bits per heavy atom. The molecule has 1 aromatic heterocycles. The maximum atomic E-state index is 9.03. The predicted molar refractivity (Wildman–Crippen MR) is 74.5 cm³/mol. The topological polar surface area (TPSA) is 92.2 Å². The summed E-state index contributed by atoms with van der Waals surface area (Å²) in [5.41, 5.74) is 0. The van der Waals surface area contributed by atoms with Gasteiger partial charge in [0.25, 0.3) is 0 Å². The number of hydrogen-bond donors (Lipinski definition) is 3. The lowest BCUT2D eigenvalue weighted by Crippen LogP contribution is -2.18. The van der Waals surface area contributed by atoms with Crippen LogP contribution in [0.5, 0.6) is 6.01 Å². The SMILES string of the molecule is CCCC(CCO)CNc1nc(NC)nc(OC)n1. The molecule has 0 spiro atoms. The maximum Gasteiger partial charge on any atom is 0.322 e. The summed E-state index contributed by atoms with van der Waals surface area (Å²) in [6.07, 6.45) is 2.94. The molecule has 0 aliphatic heterocycles. The maximum absolute atomic E-state index is 9.03. The van der Waals surface area contributed by atoms with Crippen molar-refractivity contribution in [3.63, 3.8) is 0 Å². The molecule has 7 heteroatoms. The molecule has 1 rings (SSSR count). The van der Waals surface area contributed by atoms with E-state index in [1.54, 1.807) is 7.05 Å². The van der Waals surface area contributed by atoms with Gasteiger partial charge in [0.15, 0.2) is 0 Å². The van der Waals surface area contributed by atoms with Crippen LogP contribution >= 0.6 is 0 Å². The fourth-order valence-electron chi connectivity index (χ4n) is 1.81. The average molecular weight is 269 g/mol. The summed E-state index contributed by atoms with van der Waals surface area (Å²) in [4.78, 5) is 12.4. The van der Waals surface area contributed by atoms with Crippen LogP contribution in [-0.4, -0.2) is 47.4 Å². The Hall–Kier alpha value is -1.63. The van der Waals surface area contributed by atoms with Crippen molar-refractivity contribution in [3.05, 3.63) is 0 Å². The minimum atomic E-state index is 0.203. The van der Waals surface area contributed by atoms with Crippen LogP contribution in [0.25, 0.3) is 0 Å². The molecule has 1 atom stereocenters. The molecule has 0 saturated heterocycles. The van der Waals surface area contributed by atoms with Crippen molar-refractivity contribution in [1.29, 1.82) is 0 Å². The molecule has 1 unspecified atom stereocenters. The lowest BCUT2D eigenvalue weighted by Gasteiger charge is -2.15. The number of hydrogen-bond acceptors (Lipinski definition) is 7. The van der Waals surface area contributed by atoms with Crippen LogP contribution < -0.4 is 15.4 Å². The van der Waals surface area contributed by atoms with E-state index in [-0.39, 0.29) is 12.6 Å². The summed E-state index contributed by atoms with van der Waals surface area (Å²) < 4.78 is 5.02. The minimum absolute atomic E-state index is 0.203. The van der Waals surface area contributed by atoms with Gasteiger partial charge in [-0.3, -0.25) is 0 Å². The highest BCUT2D eigenvalue weighted by Gasteiger charge is 2.10. The first kappa shape index (κ1) is 15.4. The molecule has 0 saturated carbocycles. The molecule has 0 amide bonds. The molecule has 0 radical (unpaired) electrons. The average Bonchev–Trinajstić information content (AvgIpc) is 2.44. The Labute approximate surface area is 113 Å². The third kappa shape index (κ3) is 5.25. The first-order chi connectivity index (χ1) is 9.23. The number of rotatable bonds is 9. The van der Waals surface area contributed by atoms with E-state index in [1.807, 2.05) is 0 Å². The zero-order valence-corrected chi connectivity index (χ0v) is 11.8. The molecule has 7 nitrogen and oxygen atoms in total. The van der Waals surface area contributed by atoms with Gasteiger partial charge in [-0.25, -0.2) is 0 Å². The fourth-order valence-corrected chi connectivity index (χ4v) is 1.81. The van der Waals surface area contributed by atoms with Crippen molar-refractivity contribution in [2.75, 3.05) is 37.9 Å². The predicted octanol–water partition coefficient (Wildman–Crippen LogP) is 1.13. The van der Waals surface area contributed by atoms with Gasteiger partial charge in [0.1, 0.15) is 0 Å². The van der Waals surface area contributed by atoms with Crippen molar-refractivity contribution in [2.24, 2.45) is 5.92 Å². The Kier molecular flexibility index (Phi) is 6.88. The number of ether oxygens (including phenoxy) is 1. The second kappa shape index (κ2) is 8.47. The van der Waals surface area contributed by atoms with Crippen LogP contribution in [0.2, 0.25) is 0 Å². The Morgan fingerprint density at radius 2 is 1.95 bits per heavy atom. The summed E-state index contributed by atoms with van der Waals surface area (Å²) in [5, 5.41) is 15.1. The standard InChI is InChI=1S/C12H23N5O2/c1-4-5-9(6-7-18)8-14-11-15-10(13-2)16-12(17-11)19-3/h9,18H,4-8H2,1-3H3,(H2,13,14,15,16,17). The first-order valence-electron chi connectivity index (χ1n) is 6.56. The third-order valence-corrected chi connectivity index (χ3v) is 2.80. The third-order valence-electron chi connectivity index (χ3n) is 2.80. The largest absolute Gasteiger partial charge is 0.467 e. The van der Waals surface area contributed by atoms with Crippen molar-refractivity contribution in [3.8, 4) is 6.01 Å². The van der Waals surface area contributed by atoms with E-state index in [0.29, 0.717) is 17.8 Å². The molecule has 108 valence electrons. The molecular weight excluding hydrogens is 246 g/mol. The molecule has 3 N–H and O–H groups in total. The normalized spacial score (nSPS) is 12.0. The molecule has 0 aliphatic rings. The van der Waals surface area contributed by atoms with Gasteiger partial charge >= 0.3 is 6.01 Å². The summed E-state index contributed by atoms with van der Waals surface area (Å²) in [7, 11) is 3.26. The van der Waals surface area contributed by atoms with E-state index in [0.717, 1.165) is 25.8 Å². The van der Waals surface area contributed by atoms with E-state index in [9.17, 15) is 0 Å². The zero-order chi connectivity index (χ0) is 14.1. The van der Waals surface area contributed by atoms with Gasteiger partial charge in [0.2, 0.25) is 11.9 Å². The Morgan fingerprint density at radius 1 is 1.21 bits per heavy atom.